The number of urea groups is 1. The van der Waals surface area contributed by atoms with Gasteiger partial charge in [0.15, 0.2) is 5.69 Å². The quantitative estimate of drug-likeness (QED) is 0.679. The Bertz CT molecular complexity index is 901. The Morgan fingerprint density at radius 3 is 2.59 bits per heavy atom. The van der Waals surface area contributed by atoms with Gasteiger partial charge in [0.25, 0.3) is 0 Å². The van der Waals surface area contributed by atoms with Crippen LogP contribution in [0.5, 0.6) is 0 Å². The Kier molecular flexibility index (Phi) is 4.72. The molecule has 2 aromatic rings. The minimum absolute atomic E-state index is 0.0923. The van der Waals surface area contributed by atoms with E-state index in [9.17, 15) is 27.2 Å². The van der Waals surface area contributed by atoms with Crippen molar-refractivity contribution < 1.29 is 27.2 Å². The molecule has 27 heavy (non-hydrogen) atoms. The van der Waals surface area contributed by atoms with Crippen molar-refractivity contribution in [1.29, 1.82) is 0 Å². The fourth-order valence-corrected chi connectivity index (χ4v) is 2.96. The van der Waals surface area contributed by atoms with Gasteiger partial charge in [0, 0.05) is 0 Å². The van der Waals surface area contributed by atoms with E-state index >= 15 is 0 Å². The molecule has 1 unspecified atom stereocenters. The third kappa shape index (κ3) is 3.68. The van der Waals surface area contributed by atoms with Gasteiger partial charge < -0.3 is 16.0 Å². The van der Waals surface area contributed by atoms with Crippen molar-refractivity contribution in [3.05, 3.63) is 52.1 Å². The molecule has 7 nitrogen and oxygen atoms in total. The first-order chi connectivity index (χ1) is 12.6. The van der Waals surface area contributed by atoms with Crippen LogP contribution in [0.15, 0.2) is 24.3 Å². The molecular formula is C15H12ClF4N5O2. The molecule has 1 fully saturated rings. The minimum atomic E-state index is -4.71. The predicted octanol–water partition coefficient (Wildman–Crippen LogP) is 2.19. The molecule has 1 aliphatic rings. The van der Waals surface area contributed by atoms with E-state index in [1.165, 1.54) is 12.1 Å². The van der Waals surface area contributed by atoms with Crippen LogP contribution in [0.2, 0.25) is 5.02 Å². The molecule has 0 radical (unpaired) electrons. The number of alkyl halides is 3. The summed E-state index contributed by atoms with van der Waals surface area (Å²) in [6.07, 6.45) is -4.71. The average Bonchev–Trinajstić information content (AvgIpc) is 3.19. The normalized spacial score (nSPS) is 18.5. The Balaban J connectivity index is 2.07. The number of aromatic nitrogens is 2. The predicted molar refractivity (Wildman–Crippen MR) is 85.1 cm³/mol. The van der Waals surface area contributed by atoms with E-state index < -0.39 is 41.7 Å². The molecule has 1 aliphatic heterocycles. The summed E-state index contributed by atoms with van der Waals surface area (Å²) in [4.78, 5) is 24.7. The SMILES string of the molecule is NC(=O)C1CN([C@H](c2ccc(F)c(Cl)c2)c2cc(C(F)(F)F)n[nH]2)C(=O)N1. The van der Waals surface area contributed by atoms with Gasteiger partial charge in [-0.2, -0.15) is 18.3 Å². The number of benzene rings is 1. The maximum atomic E-state index is 13.5. The number of aromatic amines is 1. The smallest absolute Gasteiger partial charge is 0.368 e. The van der Waals surface area contributed by atoms with E-state index in [-0.39, 0.29) is 22.8 Å². The Hall–Kier alpha value is -2.82. The number of primary amides is 1. The fraction of sp³-hybridized carbons (Fsp3) is 0.267. The van der Waals surface area contributed by atoms with Crippen LogP contribution in [0.25, 0.3) is 0 Å². The zero-order chi connectivity index (χ0) is 19.9. The second-order valence-corrected chi connectivity index (χ2v) is 6.25. The molecule has 4 N–H and O–H groups in total. The zero-order valence-corrected chi connectivity index (χ0v) is 14.1. The van der Waals surface area contributed by atoms with Gasteiger partial charge in [-0.3, -0.25) is 9.89 Å². The van der Waals surface area contributed by atoms with Crippen LogP contribution >= 0.6 is 11.6 Å². The third-order valence-corrected chi connectivity index (χ3v) is 4.32. The molecular weight excluding hydrogens is 394 g/mol. The maximum Gasteiger partial charge on any atom is 0.435 e. The first-order valence-electron chi connectivity index (χ1n) is 7.52. The number of amides is 3. The average molecular weight is 406 g/mol. The Morgan fingerprint density at radius 1 is 1.37 bits per heavy atom. The summed E-state index contributed by atoms with van der Waals surface area (Å²) < 4.78 is 52.2. The van der Waals surface area contributed by atoms with E-state index in [2.05, 4.69) is 15.5 Å². The first kappa shape index (κ1) is 19.0. The van der Waals surface area contributed by atoms with Gasteiger partial charge in [-0.1, -0.05) is 17.7 Å². The number of nitrogens with two attached hydrogens (primary N) is 1. The Labute approximate surface area is 154 Å². The van der Waals surface area contributed by atoms with Gasteiger partial charge in [0.1, 0.15) is 17.9 Å². The van der Waals surface area contributed by atoms with Crippen molar-refractivity contribution >= 4 is 23.5 Å². The number of nitrogens with zero attached hydrogens (tertiary/aromatic N) is 2. The highest BCUT2D eigenvalue weighted by molar-refractivity contribution is 6.30. The molecule has 2 atom stereocenters. The van der Waals surface area contributed by atoms with Gasteiger partial charge in [-0.05, 0) is 23.8 Å². The van der Waals surface area contributed by atoms with Gasteiger partial charge in [0.05, 0.1) is 17.3 Å². The van der Waals surface area contributed by atoms with Gasteiger partial charge >= 0.3 is 12.2 Å². The minimum Gasteiger partial charge on any atom is -0.368 e. The molecule has 3 amide bonds. The fourth-order valence-electron chi connectivity index (χ4n) is 2.77. The molecule has 2 heterocycles. The van der Waals surface area contributed by atoms with Crippen molar-refractivity contribution in [1.82, 2.24) is 20.4 Å². The number of H-pyrrole nitrogens is 1. The van der Waals surface area contributed by atoms with E-state index in [1.807, 2.05) is 0 Å². The highest BCUT2D eigenvalue weighted by atomic mass is 35.5. The van der Waals surface area contributed by atoms with Crippen LogP contribution in [-0.4, -0.2) is 39.6 Å². The van der Waals surface area contributed by atoms with Crippen molar-refractivity contribution in [3.63, 3.8) is 0 Å². The van der Waals surface area contributed by atoms with Crippen LogP contribution in [0.3, 0.4) is 0 Å². The molecule has 0 aliphatic carbocycles. The summed E-state index contributed by atoms with van der Waals surface area (Å²) in [5, 5.41) is 7.52. The third-order valence-electron chi connectivity index (χ3n) is 4.04. The van der Waals surface area contributed by atoms with Crippen molar-refractivity contribution in [2.24, 2.45) is 5.73 Å². The Morgan fingerprint density at radius 2 is 2.07 bits per heavy atom. The molecule has 1 aromatic carbocycles. The summed E-state index contributed by atoms with van der Waals surface area (Å²) in [5.74, 6) is -1.54. The van der Waals surface area contributed by atoms with Crippen molar-refractivity contribution in [2.45, 2.75) is 18.3 Å². The van der Waals surface area contributed by atoms with Crippen LogP contribution < -0.4 is 11.1 Å². The number of hydrogen-bond acceptors (Lipinski definition) is 3. The van der Waals surface area contributed by atoms with E-state index in [0.717, 1.165) is 17.0 Å². The largest absolute Gasteiger partial charge is 0.435 e. The summed E-state index contributed by atoms with van der Waals surface area (Å²) in [5.41, 5.74) is 4.12. The van der Waals surface area contributed by atoms with Gasteiger partial charge in [-0.25, -0.2) is 9.18 Å². The zero-order valence-electron chi connectivity index (χ0n) is 13.3. The molecule has 1 saturated heterocycles. The van der Waals surface area contributed by atoms with Crippen LogP contribution in [0, 0.1) is 5.82 Å². The number of carbonyl (C=O) groups excluding carboxylic acids is 2. The second kappa shape index (κ2) is 6.72. The summed E-state index contributed by atoms with van der Waals surface area (Å²) in [7, 11) is 0. The van der Waals surface area contributed by atoms with Crippen molar-refractivity contribution in [3.8, 4) is 0 Å². The van der Waals surface area contributed by atoms with Crippen molar-refractivity contribution in [2.75, 3.05) is 6.54 Å². The van der Waals surface area contributed by atoms with E-state index in [0.29, 0.717) is 0 Å². The van der Waals surface area contributed by atoms with E-state index in [1.54, 1.807) is 0 Å². The number of hydrogen-bond donors (Lipinski definition) is 3. The summed E-state index contributed by atoms with van der Waals surface area (Å²) in [6, 6.07) is 1.31. The number of carbonyl (C=O) groups is 2. The summed E-state index contributed by atoms with van der Waals surface area (Å²) >= 11 is 5.77. The van der Waals surface area contributed by atoms with Crippen LogP contribution in [-0.2, 0) is 11.0 Å². The molecule has 12 heteroatoms. The van der Waals surface area contributed by atoms with E-state index in [4.69, 9.17) is 17.3 Å². The monoisotopic (exact) mass is 405 g/mol. The standard InChI is InChI=1S/C15H12ClF4N5O2/c16-7-3-6(1-2-8(7)17)12(9-4-11(24-23-9)15(18,19)20)25-5-10(13(21)26)22-14(25)27/h1-4,10,12H,5H2,(H2,21,26)(H,22,27)(H,23,24)/t10?,12-/m1/s1. The molecule has 1 aromatic heterocycles. The van der Waals surface area contributed by atoms with Crippen LogP contribution in [0.4, 0.5) is 22.4 Å². The topological polar surface area (TPSA) is 104 Å². The molecule has 144 valence electrons. The van der Waals surface area contributed by atoms with Gasteiger partial charge in [0.2, 0.25) is 5.91 Å². The first-order valence-corrected chi connectivity index (χ1v) is 7.89. The van der Waals surface area contributed by atoms with Gasteiger partial charge in [-0.15, -0.1) is 0 Å². The highest BCUT2D eigenvalue weighted by Crippen LogP contribution is 2.35. The highest BCUT2D eigenvalue weighted by Gasteiger charge is 2.40. The molecule has 0 bridgehead atoms. The lowest BCUT2D eigenvalue weighted by molar-refractivity contribution is -0.141. The lowest BCUT2D eigenvalue weighted by Crippen LogP contribution is -2.39. The summed E-state index contributed by atoms with van der Waals surface area (Å²) in [6.45, 7) is -0.200. The lowest BCUT2D eigenvalue weighted by atomic mass is 10.0. The molecule has 0 saturated carbocycles. The lowest BCUT2D eigenvalue weighted by Gasteiger charge is -2.26. The number of halogens is 5. The maximum absolute atomic E-state index is 13.5. The number of nitrogens with one attached hydrogen (secondary N) is 2. The molecule has 3 rings (SSSR count). The second-order valence-electron chi connectivity index (χ2n) is 5.84. The molecule has 0 spiro atoms. The van der Waals surface area contributed by atoms with Crippen LogP contribution in [0.1, 0.15) is 23.0 Å². The number of rotatable bonds is 4.